The molecule has 3 rings (SSSR count). The van der Waals surface area contributed by atoms with Gasteiger partial charge in [0, 0.05) is 23.2 Å². The maximum atomic E-state index is 12.1. The molecule has 0 atom stereocenters. The van der Waals surface area contributed by atoms with Gasteiger partial charge in [0.05, 0.1) is 23.3 Å². The van der Waals surface area contributed by atoms with Crippen LogP contribution in [0.15, 0.2) is 30.3 Å². The second-order valence-corrected chi connectivity index (χ2v) is 6.50. The summed E-state index contributed by atoms with van der Waals surface area (Å²) in [4.78, 5) is 12.1. The normalized spacial score (nSPS) is 13.1. The highest BCUT2D eigenvalue weighted by Gasteiger charge is 2.14. The summed E-state index contributed by atoms with van der Waals surface area (Å²) in [5.74, 6) is 1.10. The van der Waals surface area contributed by atoms with Gasteiger partial charge in [0.15, 0.2) is 23.9 Å². The Hall–Kier alpha value is -1.82. The first kappa shape index (κ1) is 18.0. The van der Waals surface area contributed by atoms with E-state index in [4.69, 9.17) is 49.0 Å². The Morgan fingerprint density at radius 3 is 2.44 bits per heavy atom. The third-order valence-electron chi connectivity index (χ3n) is 3.34. The molecule has 0 aromatic heterocycles. The second-order valence-electron chi connectivity index (χ2n) is 5.25. The first-order chi connectivity index (χ1) is 12.0. The van der Waals surface area contributed by atoms with Gasteiger partial charge in [-0.1, -0.05) is 34.8 Å². The monoisotopic (exact) mass is 401 g/mol. The molecule has 1 N–H and O–H groups in total. The Balaban J connectivity index is 1.62. The fourth-order valence-electron chi connectivity index (χ4n) is 2.24. The average Bonchev–Trinajstić information content (AvgIpc) is 2.78. The molecule has 132 valence electrons. The molecule has 1 aliphatic rings. The van der Waals surface area contributed by atoms with E-state index in [1.165, 1.54) is 12.1 Å². The summed E-state index contributed by atoms with van der Waals surface area (Å²) in [7, 11) is 0. The van der Waals surface area contributed by atoms with Crippen molar-refractivity contribution in [2.45, 2.75) is 6.42 Å². The summed E-state index contributed by atoms with van der Waals surface area (Å²) < 4.78 is 16.5. The van der Waals surface area contributed by atoms with Crippen molar-refractivity contribution in [2.24, 2.45) is 0 Å². The lowest BCUT2D eigenvalue weighted by Crippen LogP contribution is -2.20. The van der Waals surface area contributed by atoms with Gasteiger partial charge in [0.2, 0.25) is 0 Å². The third-order valence-corrected chi connectivity index (χ3v) is 4.12. The number of hydrogen-bond donors (Lipinski definition) is 1. The quantitative estimate of drug-likeness (QED) is 0.796. The van der Waals surface area contributed by atoms with Crippen molar-refractivity contribution >= 4 is 46.4 Å². The molecule has 0 unspecified atom stereocenters. The van der Waals surface area contributed by atoms with Crippen LogP contribution in [0.3, 0.4) is 0 Å². The van der Waals surface area contributed by atoms with Crippen molar-refractivity contribution in [3.8, 4) is 17.2 Å². The highest BCUT2D eigenvalue weighted by Crippen LogP contribution is 2.36. The highest BCUT2D eigenvalue weighted by molar-refractivity contribution is 6.40. The Kier molecular flexibility index (Phi) is 5.78. The molecule has 0 saturated heterocycles. The minimum absolute atomic E-state index is 0.210. The van der Waals surface area contributed by atoms with Crippen molar-refractivity contribution in [1.29, 1.82) is 0 Å². The number of rotatable bonds is 4. The van der Waals surface area contributed by atoms with E-state index in [1.807, 2.05) is 0 Å². The maximum absolute atomic E-state index is 12.1. The van der Waals surface area contributed by atoms with Crippen molar-refractivity contribution < 1.29 is 19.0 Å². The first-order valence-electron chi connectivity index (χ1n) is 7.50. The number of amides is 1. The van der Waals surface area contributed by atoms with E-state index >= 15 is 0 Å². The SMILES string of the molecule is O=C(COc1c(Cl)cc(Cl)cc1Cl)Nc1ccc2c(c1)OCCCO2. The molecule has 0 radical (unpaired) electrons. The van der Waals surface area contributed by atoms with Crippen LogP contribution in [0, 0.1) is 0 Å². The van der Waals surface area contributed by atoms with Gasteiger partial charge >= 0.3 is 0 Å². The lowest BCUT2D eigenvalue weighted by molar-refractivity contribution is -0.118. The van der Waals surface area contributed by atoms with Crippen LogP contribution >= 0.6 is 34.8 Å². The molecule has 5 nitrogen and oxygen atoms in total. The van der Waals surface area contributed by atoms with Gasteiger partial charge in [-0.2, -0.15) is 0 Å². The summed E-state index contributed by atoms with van der Waals surface area (Å²) >= 11 is 17.9. The van der Waals surface area contributed by atoms with E-state index < -0.39 is 0 Å². The molecule has 0 fully saturated rings. The number of ether oxygens (including phenoxy) is 3. The van der Waals surface area contributed by atoms with E-state index in [0.717, 1.165) is 6.42 Å². The zero-order valence-electron chi connectivity index (χ0n) is 13.0. The summed E-state index contributed by atoms with van der Waals surface area (Å²) in [5.41, 5.74) is 0.575. The molecule has 8 heteroatoms. The van der Waals surface area contributed by atoms with Crippen LogP contribution in [0.2, 0.25) is 15.1 Å². The van der Waals surface area contributed by atoms with Crippen LogP contribution in [-0.4, -0.2) is 25.7 Å². The second kappa shape index (κ2) is 8.04. The first-order valence-corrected chi connectivity index (χ1v) is 8.63. The van der Waals surface area contributed by atoms with E-state index in [-0.39, 0.29) is 28.3 Å². The number of carbonyl (C=O) groups is 1. The molecule has 0 bridgehead atoms. The standard InChI is InChI=1S/C17H14Cl3NO4/c18-10-6-12(19)17(13(20)7-10)25-9-16(22)21-11-2-3-14-15(8-11)24-5-1-4-23-14/h2-3,6-8H,1,4-5,9H2,(H,21,22). The predicted octanol–water partition coefficient (Wildman–Crippen LogP) is 4.83. The van der Waals surface area contributed by atoms with Crippen LogP contribution in [-0.2, 0) is 4.79 Å². The minimum atomic E-state index is -0.364. The summed E-state index contributed by atoms with van der Waals surface area (Å²) in [6.07, 6.45) is 0.812. The molecular formula is C17H14Cl3NO4. The number of anilines is 1. The molecule has 1 heterocycles. The van der Waals surface area contributed by atoms with Crippen molar-refractivity contribution in [2.75, 3.05) is 25.1 Å². The number of hydrogen-bond acceptors (Lipinski definition) is 4. The van der Waals surface area contributed by atoms with Crippen LogP contribution in [0.1, 0.15) is 6.42 Å². The van der Waals surface area contributed by atoms with Gasteiger partial charge in [0.25, 0.3) is 5.91 Å². The topological polar surface area (TPSA) is 56.8 Å². The fraction of sp³-hybridized carbons (Fsp3) is 0.235. The fourth-order valence-corrected chi connectivity index (χ4v) is 3.17. The number of benzene rings is 2. The van der Waals surface area contributed by atoms with Gasteiger partial charge in [-0.25, -0.2) is 0 Å². The molecule has 1 amide bonds. The summed E-state index contributed by atoms with van der Waals surface area (Å²) in [5, 5.41) is 3.58. The average molecular weight is 403 g/mol. The van der Waals surface area contributed by atoms with Crippen LogP contribution < -0.4 is 19.5 Å². The van der Waals surface area contributed by atoms with Crippen molar-refractivity contribution in [1.82, 2.24) is 0 Å². The van der Waals surface area contributed by atoms with Gasteiger partial charge in [-0.3, -0.25) is 4.79 Å². The Morgan fingerprint density at radius 1 is 1.04 bits per heavy atom. The predicted molar refractivity (Wildman–Crippen MR) is 97.6 cm³/mol. The highest BCUT2D eigenvalue weighted by atomic mass is 35.5. The van der Waals surface area contributed by atoms with E-state index in [9.17, 15) is 4.79 Å². The Bertz CT molecular complexity index is 774. The van der Waals surface area contributed by atoms with E-state index in [2.05, 4.69) is 5.32 Å². The van der Waals surface area contributed by atoms with Gasteiger partial charge in [-0.05, 0) is 24.3 Å². The molecule has 0 saturated carbocycles. The van der Waals surface area contributed by atoms with Crippen molar-refractivity contribution in [3.05, 3.63) is 45.4 Å². The largest absolute Gasteiger partial charge is 0.490 e. The summed E-state index contributed by atoms with van der Waals surface area (Å²) in [6, 6.07) is 8.18. The summed E-state index contributed by atoms with van der Waals surface area (Å²) in [6.45, 7) is 0.922. The number of fused-ring (bicyclic) bond motifs is 1. The minimum Gasteiger partial charge on any atom is -0.490 e. The number of carbonyl (C=O) groups excluding carboxylic acids is 1. The molecule has 2 aromatic carbocycles. The van der Waals surface area contributed by atoms with E-state index in [1.54, 1.807) is 18.2 Å². The lowest BCUT2D eigenvalue weighted by Gasteiger charge is -2.12. The van der Waals surface area contributed by atoms with Gasteiger partial charge < -0.3 is 19.5 Å². The van der Waals surface area contributed by atoms with Crippen LogP contribution in [0.4, 0.5) is 5.69 Å². The Morgan fingerprint density at radius 2 is 1.72 bits per heavy atom. The molecule has 2 aromatic rings. The van der Waals surface area contributed by atoms with Crippen LogP contribution in [0.5, 0.6) is 17.2 Å². The molecule has 0 aliphatic carbocycles. The smallest absolute Gasteiger partial charge is 0.262 e. The van der Waals surface area contributed by atoms with Crippen LogP contribution in [0.25, 0.3) is 0 Å². The van der Waals surface area contributed by atoms with Crippen molar-refractivity contribution in [3.63, 3.8) is 0 Å². The van der Waals surface area contributed by atoms with E-state index in [0.29, 0.717) is 35.4 Å². The van der Waals surface area contributed by atoms with Gasteiger partial charge in [-0.15, -0.1) is 0 Å². The molecule has 25 heavy (non-hydrogen) atoms. The number of halogens is 3. The molecular weight excluding hydrogens is 389 g/mol. The molecule has 0 spiro atoms. The zero-order valence-corrected chi connectivity index (χ0v) is 15.2. The molecule has 1 aliphatic heterocycles. The number of nitrogens with one attached hydrogen (secondary N) is 1. The lowest BCUT2D eigenvalue weighted by atomic mass is 10.2. The zero-order chi connectivity index (χ0) is 17.8. The third kappa shape index (κ3) is 4.63. The Labute approximate surface area is 159 Å². The maximum Gasteiger partial charge on any atom is 0.262 e. The van der Waals surface area contributed by atoms with Gasteiger partial charge in [0.1, 0.15) is 0 Å².